The second-order valence-corrected chi connectivity index (χ2v) is 12.0. The number of alkyl halides is 2. The van der Waals surface area contributed by atoms with Crippen molar-refractivity contribution in [2.45, 2.75) is 24.4 Å². The Morgan fingerprint density at radius 1 is 1.23 bits per heavy atom. The molecule has 2 atom stereocenters. The molecule has 9 nitrogen and oxygen atoms in total. The van der Waals surface area contributed by atoms with Gasteiger partial charge in [0.1, 0.15) is 24.3 Å². The van der Waals surface area contributed by atoms with E-state index in [-0.39, 0.29) is 84.4 Å². The summed E-state index contributed by atoms with van der Waals surface area (Å²) in [4.78, 5) is 39.2. The van der Waals surface area contributed by atoms with Crippen LogP contribution in [0.25, 0.3) is 26.9 Å². The first-order chi connectivity index (χ1) is 21.0. The Labute approximate surface area is 260 Å². The SMILES string of the molecule is [C-]#[N+]C[C@H]1CN(c2nc(=O)n3c4c(c(-c5cc(Cl)ccc5F)c(Cl)cc24)OCC3CN2CCC(F)(F)C2)CCN1C(=O)C=C. The van der Waals surface area contributed by atoms with Gasteiger partial charge in [-0.2, -0.15) is 4.98 Å². The Balaban J connectivity index is 1.52. The molecule has 1 unspecified atom stereocenters. The van der Waals surface area contributed by atoms with Crippen molar-refractivity contribution in [1.29, 1.82) is 0 Å². The van der Waals surface area contributed by atoms with Crippen molar-refractivity contribution in [1.82, 2.24) is 19.4 Å². The number of piperazine rings is 1. The molecule has 44 heavy (non-hydrogen) atoms. The van der Waals surface area contributed by atoms with Crippen LogP contribution in [0.1, 0.15) is 12.5 Å². The largest absolute Gasteiger partial charge is 0.488 e. The first kappa shape index (κ1) is 30.2. The van der Waals surface area contributed by atoms with Gasteiger partial charge in [0.2, 0.25) is 12.5 Å². The van der Waals surface area contributed by atoms with E-state index in [1.54, 1.807) is 15.9 Å². The first-order valence-electron chi connectivity index (χ1n) is 14.0. The number of aromatic nitrogens is 2. The third-order valence-electron chi connectivity index (χ3n) is 8.34. The number of benzene rings is 2. The third kappa shape index (κ3) is 5.38. The lowest BCUT2D eigenvalue weighted by molar-refractivity contribution is -0.128. The first-order valence-corrected chi connectivity index (χ1v) is 14.7. The molecule has 6 rings (SSSR count). The number of hydrogen-bond donors (Lipinski definition) is 0. The molecule has 0 bridgehead atoms. The van der Waals surface area contributed by atoms with E-state index in [1.165, 1.54) is 28.8 Å². The molecule has 4 heterocycles. The Morgan fingerprint density at radius 2 is 2.02 bits per heavy atom. The van der Waals surface area contributed by atoms with Crippen LogP contribution in [-0.2, 0) is 4.79 Å². The van der Waals surface area contributed by atoms with Gasteiger partial charge in [0.15, 0.2) is 5.75 Å². The molecule has 0 N–H and O–H groups in total. The Morgan fingerprint density at radius 3 is 2.73 bits per heavy atom. The molecular formula is C30H27Cl2F3N6O3. The van der Waals surface area contributed by atoms with E-state index in [2.05, 4.69) is 16.4 Å². The number of amides is 1. The topological polar surface area (TPSA) is 75.3 Å². The summed E-state index contributed by atoms with van der Waals surface area (Å²) in [6, 6.07) is 4.44. The maximum atomic E-state index is 15.2. The van der Waals surface area contributed by atoms with Crippen LogP contribution in [0.4, 0.5) is 19.0 Å². The van der Waals surface area contributed by atoms with Crippen LogP contribution in [0.3, 0.4) is 0 Å². The van der Waals surface area contributed by atoms with E-state index in [4.69, 9.17) is 34.5 Å². The molecule has 2 fully saturated rings. The minimum atomic E-state index is -2.82. The molecule has 0 aliphatic carbocycles. The Kier molecular flexibility index (Phi) is 7.98. The lowest BCUT2D eigenvalue weighted by atomic mass is 9.99. The number of nitrogens with zero attached hydrogens (tertiary/aromatic N) is 6. The quantitative estimate of drug-likeness (QED) is 0.280. The van der Waals surface area contributed by atoms with Crippen molar-refractivity contribution in [3.63, 3.8) is 0 Å². The third-order valence-corrected chi connectivity index (χ3v) is 8.87. The molecule has 1 aromatic heterocycles. The number of likely N-dealkylation sites (tertiary alicyclic amines) is 1. The Bertz CT molecular complexity index is 1780. The molecule has 1 amide bonds. The number of rotatable bonds is 6. The van der Waals surface area contributed by atoms with Gasteiger partial charge in [-0.25, -0.2) is 24.5 Å². The molecular weight excluding hydrogens is 620 g/mol. The van der Waals surface area contributed by atoms with Crippen LogP contribution < -0.4 is 15.3 Å². The number of carbonyl (C=O) groups is 1. The summed E-state index contributed by atoms with van der Waals surface area (Å²) < 4.78 is 50.9. The number of ether oxygens (including phenoxy) is 1. The maximum Gasteiger partial charge on any atom is 0.350 e. The van der Waals surface area contributed by atoms with Crippen LogP contribution in [0.15, 0.2) is 41.7 Å². The summed E-state index contributed by atoms with van der Waals surface area (Å²) in [5.41, 5.74) is -0.0718. The molecule has 14 heteroatoms. The summed E-state index contributed by atoms with van der Waals surface area (Å²) in [5, 5.41) is 0.814. The number of carbonyl (C=O) groups excluding carboxylic acids is 1. The average molecular weight is 647 g/mol. The fourth-order valence-electron chi connectivity index (χ4n) is 6.35. The zero-order chi connectivity index (χ0) is 31.3. The van der Waals surface area contributed by atoms with Crippen LogP contribution in [-0.4, -0.2) is 89.6 Å². The second-order valence-electron chi connectivity index (χ2n) is 11.2. The van der Waals surface area contributed by atoms with Crippen molar-refractivity contribution < 1.29 is 22.7 Å². The van der Waals surface area contributed by atoms with Crippen molar-refractivity contribution in [3.8, 4) is 16.9 Å². The molecule has 0 spiro atoms. The molecule has 2 saturated heterocycles. The summed E-state index contributed by atoms with van der Waals surface area (Å²) in [6.07, 6.45) is 0.919. The molecule has 0 saturated carbocycles. The predicted octanol–water partition coefficient (Wildman–Crippen LogP) is 4.91. The summed E-state index contributed by atoms with van der Waals surface area (Å²) in [5.74, 6) is -3.32. The van der Waals surface area contributed by atoms with E-state index in [9.17, 15) is 18.4 Å². The van der Waals surface area contributed by atoms with Gasteiger partial charge in [-0.15, -0.1) is 0 Å². The van der Waals surface area contributed by atoms with Gasteiger partial charge in [0.25, 0.3) is 5.92 Å². The van der Waals surface area contributed by atoms with Gasteiger partial charge in [-0.3, -0.25) is 14.3 Å². The van der Waals surface area contributed by atoms with E-state index >= 15 is 4.39 Å². The summed E-state index contributed by atoms with van der Waals surface area (Å²) in [6.45, 7) is 11.5. The highest BCUT2D eigenvalue weighted by molar-refractivity contribution is 6.35. The van der Waals surface area contributed by atoms with Gasteiger partial charge in [-0.05, 0) is 30.3 Å². The standard InChI is InChI=1S/C30H27Cl2F3N6O3/c1-3-24(42)40-9-8-39(14-18(40)12-36-2)28-21-11-22(32)25(20-10-17(31)4-5-23(20)33)27-26(21)41(29(43)37-28)19(15-44-27)13-38-7-6-30(34,35)16-38/h3-5,10-11,18-19H,1,6-9,12-16H2/t18-,19?/m0/s1. The Hall–Kier alpha value is -3.79. The minimum absolute atomic E-state index is 0.0287. The minimum Gasteiger partial charge on any atom is -0.488 e. The normalized spacial score (nSPS) is 21.3. The smallest absolute Gasteiger partial charge is 0.350 e. The highest BCUT2D eigenvalue weighted by Crippen LogP contribution is 2.47. The van der Waals surface area contributed by atoms with Crippen molar-refractivity contribution in [2.75, 3.05) is 57.3 Å². The van der Waals surface area contributed by atoms with E-state index in [0.29, 0.717) is 17.4 Å². The average Bonchev–Trinajstić information content (AvgIpc) is 3.34. The monoisotopic (exact) mass is 646 g/mol. The second kappa shape index (κ2) is 11.6. The zero-order valence-corrected chi connectivity index (χ0v) is 24.9. The van der Waals surface area contributed by atoms with Crippen molar-refractivity contribution >= 4 is 45.8 Å². The summed E-state index contributed by atoms with van der Waals surface area (Å²) >= 11 is 13.0. The van der Waals surface area contributed by atoms with Crippen LogP contribution in [0.2, 0.25) is 10.0 Å². The van der Waals surface area contributed by atoms with Crippen molar-refractivity contribution in [3.05, 3.63) is 74.7 Å². The van der Waals surface area contributed by atoms with Crippen LogP contribution in [0.5, 0.6) is 5.75 Å². The number of halogens is 5. The highest BCUT2D eigenvalue weighted by atomic mass is 35.5. The number of anilines is 1. The lowest BCUT2D eigenvalue weighted by Crippen LogP contribution is -2.56. The fourth-order valence-corrected chi connectivity index (χ4v) is 6.82. The molecule has 230 valence electrons. The molecule has 0 radical (unpaired) electrons. The molecule has 3 aromatic rings. The van der Waals surface area contributed by atoms with E-state index < -0.39 is 36.1 Å². The van der Waals surface area contributed by atoms with Gasteiger partial charge in [0.05, 0.1) is 23.1 Å². The lowest BCUT2D eigenvalue weighted by Gasteiger charge is -2.40. The van der Waals surface area contributed by atoms with E-state index in [0.717, 1.165) is 0 Å². The maximum absolute atomic E-state index is 15.2. The molecule has 3 aliphatic heterocycles. The van der Waals surface area contributed by atoms with Crippen molar-refractivity contribution in [2.24, 2.45) is 0 Å². The molecule has 2 aromatic carbocycles. The van der Waals surface area contributed by atoms with Gasteiger partial charge >= 0.3 is 5.69 Å². The number of hydrogen-bond acceptors (Lipinski definition) is 6. The van der Waals surface area contributed by atoms with Crippen LogP contribution >= 0.6 is 23.2 Å². The molecule has 3 aliphatic rings. The van der Waals surface area contributed by atoms with Crippen LogP contribution in [0, 0.1) is 12.4 Å². The van der Waals surface area contributed by atoms with E-state index in [1.807, 2.05) is 4.90 Å². The van der Waals surface area contributed by atoms with Gasteiger partial charge < -0.3 is 19.4 Å². The van der Waals surface area contributed by atoms with Gasteiger partial charge in [-0.1, -0.05) is 29.8 Å². The fraction of sp³-hybridized carbons (Fsp3) is 0.400. The predicted molar refractivity (Wildman–Crippen MR) is 161 cm³/mol. The summed E-state index contributed by atoms with van der Waals surface area (Å²) in [7, 11) is 0. The highest BCUT2D eigenvalue weighted by Gasteiger charge is 2.41. The van der Waals surface area contributed by atoms with Gasteiger partial charge in [0, 0.05) is 60.7 Å². The zero-order valence-electron chi connectivity index (χ0n) is 23.4.